The lowest BCUT2D eigenvalue weighted by atomic mass is 9.88. The van der Waals surface area contributed by atoms with E-state index < -0.39 is 0 Å². The zero-order chi connectivity index (χ0) is 16.9. The molecule has 4 heteroatoms. The first kappa shape index (κ1) is 18.5. The van der Waals surface area contributed by atoms with E-state index in [1.165, 1.54) is 57.2 Å². The fraction of sp³-hybridized carbons (Fsp3) is 0.700. The molecule has 2 nitrogen and oxygen atoms in total. The van der Waals surface area contributed by atoms with E-state index in [-0.39, 0.29) is 0 Å². The third-order valence-electron chi connectivity index (χ3n) is 5.85. The van der Waals surface area contributed by atoms with Crippen LogP contribution in [-0.2, 0) is 6.42 Å². The number of nitrogens with zero attached hydrogens (tertiary/aromatic N) is 2. The molecule has 0 spiro atoms. The van der Waals surface area contributed by atoms with Gasteiger partial charge in [-0.05, 0) is 69.4 Å². The molecule has 3 rings (SSSR count). The zero-order valence-corrected chi connectivity index (χ0v) is 16.3. The molecule has 0 amide bonds. The summed E-state index contributed by atoms with van der Waals surface area (Å²) in [6.07, 6.45) is 9.36. The molecular weight excluding hydrogens is 339 g/mol. The predicted octanol–water partition coefficient (Wildman–Crippen LogP) is 5.26. The highest BCUT2D eigenvalue weighted by atomic mass is 35.5. The molecule has 1 aliphatic carbocycles. The predicted molar refractivity (Wildman–Crippen MR) is 104 cm³/mol. The number of likely N-dealkylation sites (N-methyl/N-ethyl adjacent to an activating group) is 1. The summed E-state index contributed by atoms with van der Waals surface area (Å²) >= 11 is 12.2. The number of rotatable bonds is 6. The van der Waals surface area contributed by atoms with Crippen LogP contribution in [0.5, 0.6) is 0 Å². The molecule has 1 aromatic rings. The second-order valence-electron chi connectivity index (χ2n) is 7.29. The van der Waals surface area contributed by atoms with Gasteiger partial charge in [0.1, 0.15) is 0 Å². The highest BCUT2D eigenvalue weighted by molar-refractivity contribution is 6.42. The maximum absolute atomic E-state index is 6.17. The summed E-state index contributed by atoms with van der Waals surface area (Å²) in [4.78, 5) is 5.48. The van der Waals surface area contributed by atoms with Gasteiger partial charge < -0.3 is 0 Å². The van der Waals surface area contributed by atoms with Crippen LogP contribution in [0.4, 0.5) is 0 Å². The lowest BCUT2D eigenvalue weighted by molar-refractivity contribution is 0.0641. The smallest absolute Gasteiger partial charge is 0.0595 e. The van der Waals surface area contributed by atoms with Crippen LogP contribution in [0.1, 0.15) is 51.0 Å². The summed E-state index contributed by atoms with van der Waals surface area (Å²) in [6, 6.07) is 7.56. The summed E-state index contributed by atoms with van der Waals surface area (Å²) in [5.74, 6) is 0. The standard InChI is InChI=1S/C20H30Cl2N2/c1-2-23(14-11-16-9-10-17(21)18(22)15-16)19-7-3-4-8-20(19)24-12-5-6-13-24/h9-10,15,19-20H,2-8,11-14H2,1H3/t19-,20+/m1/s1. The Morgan fingerprint density at radius 2 is 1.79 bits per heavy atom. The van der Waals surface area contributed by atoms with E-state index in [4.69, 9.17) is 23.2 Å². The van der Waals surface area contributed by atoms with Gasteiger partial charge in [0, 0.05) is 18.6 Å². The number of benzene rings is 1. The van der Waals surface area contributed by atoms with Crippen LogP contribution in [0.25, 0.3) is 0 Å². The summed E-state index contributed by atoms with van der Waals surface area (Å²) in [5.41, 5.74) is 1.29. The van der Waals surface area contributed by atoms with E-state index in [9.17, 15) is 0 Å². The summed E-state index contributed by atoms with van der Waals surface area (Å²) in [6.45, 7) is 7.18. The van der Waals surface area contributed by atoms with Crippen molar-refractivity contribution >= 4 is 23.2 Å². The largest absolute Gasteiger partial charge is 0.299 e. The van der Waals surface area contributed by atoms with Crippen LogP contribution in [-0.4, -0.2) is 48.1 Å². The Morgan fingerprint density at radius 1 is 1.04 bits per heavy atom. The van der Waals surface area contributed by atoms with Gasteiger partial charge in [-0.2, -0.15) is 0 Å². The second kappa shape index (κ2) is 8.89. The topological polar surface area (TPSA) is 6.48 Å². The number of likely N-dealkylation sites (tertiary alicyclic amines) is 1. The maximum atomic E-state index is 6.17. The van der Waals surface area contributed by atoms with Gasteiger partial charge in [0.2, 0.25) is 0 Å². The summed E-state index contributed by atoms with van der Waals surface area (Å²) < 4.78 is 0. The average molecular weight is 369 g/mol. The fourth-order valence-corrected chi connectivity index (χ4v) is 4.86. The summed E-state index contributed by atoms with van der Waals surface area (Å²) in [7, 11) is 0. The van der Waals surface area contributed by atoms with Crippen molar-refractivity contribution in [2.24, 2.45) is 0 Å². The Morgan fingerprint density at radius 3 is 2.50 bits per heavy atom. The molecule has 2 atom stereocenters. The van der Waals surface area contributed by atoms with Gasteiger partial charge in [0.05, 0.1) is 10.0 Å². The van der Waals surface area contributed by atoms with Gasteiger partial charge in [0.25, 0.3) is 0 Å². The monoisotopic (exact) mass is 368 g/mol. The molecular formula is C20H30Cl2N2. The molecule has 24 heavy (non-hydrogen) atoms. The van der Waals surface area contributed by atoms with E-state index in [1.54, 1.807) is 0 Å². The van der Waals surface area contributed by atoms with Crippen LogP contribution < -0.4 is 0 Å². The van der Waals surface area contributed by atoms with Gasteiger partial charge >= 0.3 is 0 Å². The first-order valence-electron chi connectivity index (χ1n) is 9.61. The minimum atomic E-state index is 0.647. The van der Waals surface area contributed by atoms with E-state index in [1.807, 2.05) is 12.1 Å². The lowest BCUT2D eigenvalue weighted by Gasteiger charge is -2.43. The minimum Gasteiger partial charge on any atom is -0.299 e. The molecule has 0 bridgehead atoms. The van der Waals surface area contributed by atoms with Gasteiger partial charge in [-0.25, -0.2) is 0 Å². The quantitative estimate of drug-likeness (QED) is 0.674. The zero-order valence-electron chi connectivity index (χ0n) is 14.8. The first-order chi connectivity index (χ1) is 11.7. The van der Waals surface area contributed by atoms with Crippen molar-refractivity contribution < 1.29 is 0 Å². The minimum absolute atomic E-state index is 0.647. The van der Waals surface area contributed by atoms with Crippen molar-refractivity contribution in [2.45, 2.75) is 64.0 Å². The molecule has 134 valence electrons. The van der Waals surface area contributed by atoms with E-state index >= 15 is 0 Å². The van der Waals surface area contributed by atoms with Crippen molar-refractivity contribution in [3.05, 3.63) is 33.8 Å². The van der Waals surface area contributed by atoms with Gasteiger partial charge in [-0.3, -0.25) is 9.80 Å². The van der Waals surface area contributed by atoms with E-state index in [0.717, 1.165) is 31.6 Å². The molecule has 2 aliphatic rings. The third kappa shape index (κ3) is 4.46. The summed E-state index contributed by atoms with van der Waals surface area (Å²) in [5, 5.41) is 1.32. The molecule has 2 fully saturated rings. The molecule has 0 aromatic heterocycles. The Balaban J connectivity index is 1.63. The average Bonchev–Trinajstić information content (AvgIpc) is 3.13. The van der Waals surface area contributed by atoms with Gasteiger partial charge in [0.15, 0.2) is 0 Å². The molecule has 0 N–H and O–H groups in total. The SMILES string of the molecule is CCN(CCc1ccc(Cl)c(Cl)c1)[C@@H]1CCCC[C@@H]1N1CCCC1. The second-order valence-corrected chi connectivity index (χ2v) is 8.10. The van der Waals surface area contributed by atoms with Gasteiger partial charge in [-0.1, -0.05) is 49.0 Å². The number of hydrogen-bond donors (Lipinski definition) is 0. The highest BCUT2D eigenvalue weighted by Crippen LogP contribution is 2.30. The Bertz CT molecular complexity index is 528. The number of hydrogen-bond acceptors (Lipinski definition) is 2. The molecule has 1 saturated heterocycles. The van der Waals surface area contributed by atoms with Crippen molar-refractivity contribution in [3.8, 4) is 0 Å². The van der Waals surface area contributed by atoms with Crippen molar-refractivity contribution in [1.29, 1.82) is 0 Å². The van der Waals surface area contributed by atoms with Crippen LogP contribution in [0.2, 0.25) is 10.0 Å². The van der Waals surface area contributed by atoms with Crippen LogP contribution >= 0.6 is 23.2 Å². The van der Waals surface area contributed by atoms with Crippen molar-refractivity contribution in [2.75, 3.05) is 26.2 Å². The molecule has 1 saturated carbocycles. The first-order valence-corrected chi connectivity index (χ1v) is 10.4. The molecule has 1 aromatic carbocycles. The van der Waals surface area contributed by atoms with Crippen LogP contribution in [0, 0.1) is 0 Å². The molecule has 1 aliphatic heterocycles. The normalized spacial score (nSPS) is 25.5. The van der Waals surface area contributed by atoms with E-state index in [0.29, 0.717) is 10.0 Å². The third-order valence-corrected chi connectivity index (χ3v) is 6.59. The Hall–Kier alpha value is -0.280. The van der Waals surface area contributed by atoms with Crippen LogP contribution in [0.15, 0.2) is 18.2 Å². The van der Waals surface area contributed by atoms with E-state index in [2.05, 4.69) is 22.8 Å². The van der Waals surface area contributed by atoms with Gasteiger partial charge in [-0.15, -0.1) is 0 Å². The Kier molecular flexibility index (Phi) is 6.86. The molecule has 1 heterocycles. The number of halogens is 2. The fourth-order valence-electron chi connectivity index (χ4n) is 4.54. The van der Waals surface area contributed by atoms with Crippen molar-refractivity contribution in [1.82, 2.24) is 9.80 Å². The Labute approximate surface area is 157 Å². The molecule has 0 unspecified atom stereocenters. The lowest BCUT2D eigenvalue weighted by Crippen LogP contribution is -2.53. The van der Waals surface area contributed by atoms with Crippen LogP contribution in [0.3, 0.4) is 0 Å². The molecule has 0 radical (unpaired) electrons. The maximum Gasteiger partial charge on any atom is 0.0595 e. The van der Waals surface area contributed by atoms with Crippen molar-refractivity contribution in [3.63, 3.8) is 0 Å². The highest BCUT2D eigenvalue weighted by Gasteiger charge is 2.34.